The highest BCUT2D eigenvalue weighted by atomic mass is 19.1. The predicted octanol–water partition coefficient (Wildman–Crippen LogP) is 4.28. The second kappa shape index (κ2) is 5.02. The summed E-state index contributed by atoms with van der Waals surface area (Å²) < 4.78 is 14.4. The number of nitrogens with two attached hydrogens (primary N) is 1. The topological polar surface area (TPSA) is 26.0 Å². The first-order chi connectivity index (χ1) is 9.23. The molecule has 0 fully saturated rings. The molecule has 20 heavy (non-hydrogen) atoms. The molecule has 0 spiro atoms. The Morgan fingerprint density at radius 3 is 2.10 bits per heavy atom. The van der Waals surface area contributed by atoms with E-state index in [9.17, 15) is 4.39 Å². The van der Waals surface area contributed by atoms with Gasteiger partial charge in [-0.15, -0.1) is 0 Å². The normalized spacial score (nSPS) is 14.2. The van der Waals surface area contributed by atoms with E-state index in [-0.39, 0.29) is 5.82 Å². The highest BCUT2D eigenvalue weighted by molar-refractivity contribution is 5.45. The molecule has 1 unspecified atom stereocenters. The number of rotatable bonds is 2. The predicted molar refractivity (Wildman–Crippen MR) is 82.4 cm³/mol. The van der Waals surface area contributed by atoms with Crippen LogP contribution in [0.1, 0.15) is 40.3 Å². The van der Waals surface area contributed by atoms with Crippen molar-refractivity contribution in [1.29, 1.82) is 0 Å². The number of aryl methyl sites for hydroxylation is 4. The minimum atomic E-state index is -0.833. The van der Waals surface area contributed by atoms with Crippen LogP contribution in [0.15, 0.2) is 30.3 Å². The second-order valence-corrected chi connectivity index (χ2v) is 5.94. The van der Waals surface area contributed by atoms with Crippen molar-refractivity contribution in [2.45, 2.75) is 40.2 Å². The molecule has 0 heterocycles. The smallest absolute Gasteiger partial charge is 0.129 e. The Hall–Kier alpha value is -1.67. The fourth-order valence-corrected chi connectivity index (χ4v) is 2.78. The summed E-state index contributed by atoms with van der Waals surface area (Å²) in [5, 5.41) is 0. The molecule has 2 N–H and O–H groups in total. The molecule has 2 aromatic rings. The zero-order chi connectivity index (χ0) is 15.1. The number of halogens is 1. The van der Waals surface area contributed by atoms with Crippen LogP contribution in [0.4, 0.5) is 4.39 Å². The highest BCUT2D eigenvalue weighted by Crippen LogP contribution is 2.32. The van der Waals surface area contributed by atoms with E-state index in [0.717, 1.165) is 16.7 Å². The van der Waals surface area contributed by atoms with E-state index in [1.165, 1.54) is 11.1 Å². The Balaban J connectivity index is 2.63. The lowest BCUT2D eigenvalue weighted by atomic mass is 9.81. The van der Waals surface area contributed by atoms with Crippen molar-refractivity contribution in [1.82, 2.24) is 0 Å². The Bertz CT molecular complexity index is 633. The molecule has 0 saturated heterocycles. The summed E-state index contributed by atoms with van der Waals surface area (Å²) in [5.41, 5.74) is 11.4. The molecule has 1 nitrogen and oxygen atoms in total. The second-order valence-electron chi connectivity index (χ2n) is 5.94. The summed E-state index contributed by atoms with van der Waals surface area (Å²) in [6.45, 7) is 9.79. The van der Waals surface area contributed by atoms with E-state index in [1.54, 1.807) is 6.07 Å². The summed E-state index contributed by atoms with van der Waals surface area (Å²) in [6, 6.07) is 9.60. The van der Waals surface area contributed by atoms with Gasteiger partial charge in [0.1, 0.15) is 5.82 Å². The summed E-state index contributed by atoms with van der Waals surface area (Å²) in [7, 11) is 0. The molecule has 0 bridgehead atoms. The lowest BCUT2D eigenvalue weighted by molar-refractivity contribution is 0.526. The Morgan fingerprint density at radius 2 is 1.55 bits per heavy atom. The zero-order valence-corrected chi connectivity index (χ0v) is 12.8. The van der Waals surface area contributed by atoms with Gasteiger partial charge in [0.05, 0.1) is 5.54 Å². The molecule has 2 heteroatoms. The highest BCUT2D eigenvalue weighted by Gasteiger charge is 2.29. The lowest BCUT2D eigenvalue weighted by Gasteiger charge is -2.29. The summed E-state index contributed by atoms with van der Waals surface area (Å²) in [4.78, 5) is 0. The van der Waals surface area contributed by atoms with Crippen LogP contribution in [0.5, 0.6) is 0 Å². The van der Waals surface area contributed by atoms with Gasteiger partial charge >= 0.3 is 0 Å². The Morgan fingerprint density at radius 1 is 0.900 bits per heavy atom. The molecule has 0 aliphatic heterocycles. The van der Waals surface area contributed by atoms with Crippen LogP contribution in [-0.4, -0.2) is 0 Å². The van der Waals surface area contributed by atoms with Gasteiger partial charge in [0, 0.05) is 5.56 Å². The fraction of sp³-hybridized carbons (Fsp3) is 0.333. The average Bonchev–Trinajstić information content (AvgIpc) is 2.30. The molecule has 0 amide bonds. The van der Waals surface area contributed by atoms with Crippen molar-refractivity contribution in [3.05, 3.63) is 69.5 Å². The van der Waals surface area contributed by atoms with Crippen LogP contribution >= 0.6 is 0 Å². The van der Waals surface area contributed by atoms with Gasteiger partial charge in [-0.2, -0.15) is 0 Å². The first-order valence-electron chi connectivity index (χ1n) is 6.87. The van der Waals surface area contributed by atoms with Gasteiger partial charge in [0.25, 0.3) is 0 Å². The quantitative estimate of drug-likeness (QED) is 0.866. The van der Waals surface area contributed by atoms with Gasteiger partial charge in [-0.25, -0.2) is 4.39 Å². The van der Waals surface area contributed by atoms with E-state index in [2.05, 4.69) is 6.92 Å². The van der Waals surface area contributed by atoms with Gasteiger partial charge in [-0.05, 0) is 68.5 Å². The summed E-state index contributed by atoms with van der Waals surface area (Å²) >= 11 is 0. The van der Waals surface area contributed by atoms with Crippen LogP contribution in [0, 0.1) is 33.5 Å². The van der Waals surface area contributed by atoms with E-state index in [1.807, 2.05) is 52.0 Å². The van der Waals surface area contributed by atoms with E-state index < -0.39 is 5.54 Å². The van der Waals surface area contributed by atoms with Gasteiger partial charge in [-0.1, -0.05) is 24.3 Å². The molecular formula is C18H22FN. The van der Waals surface area contributed by atoms with Crippen molar-refractivity contribution in [2.24, 2.45) is 5.73 Å². The molecule has 0 aliphatic carbocycles. The lowest BCUT2D eigenvalue weighted by Crippen LogP contribution is -2.36. The van der Waals surface area contributed by atoms with Crippen molar-refractivity contribution in [2.75, 3.05) is 0 Å². The molecule has 0 aromatic heterocycles. The van der Waals surface area contributed by atoms with Crippen molar-refractivity contribution < 1.29 is 4.39 Å². The SMILES string of the molecule is Cc1cc(C)c(C(C)(N)c2ccc(C)c(C)c2)c(F)c1. The Labute approximate surface area is 120 Å². The van der Waals surface area contributed by atoms with Crippen molar-refractivity contribution >= 4 is 0 Å². The number of hydrogen-bond donors (Lipinski definition) is 1. The largest absolute Gasteiger partial charge is 0.318 e. The van der Waals surface area contributed by atoms with E-state index in [0.29, 0.717) is 5.56 Å². The van der Waals surface area contributed by atoms with Crippen molar-refractivity contribution in [3.63, 3.8) is 0 Å². The standard InChI is InChI=1S/C18H22FN/c1-11-8-14(4)17(16(19)9-11)18(5,20)15-7-6-12(2)13(3)10-15/h6-10H,20H2,1-5H3. The monoisotopic (exact) mass is 271 g/mol. The molecule has 1 atom stereocenters. The summed E-state index contributed by atoms with van der Waals surface area (Å²) in [6.07, 6.45) is 0. The average molecular weight is 271 g/mol. The molecule has 0 saturated carbocycles. The number of benzene rings is 2. The Kier molecular flexibility index (Phi) is 3.70. The molecule has 0 aliphatic rings. The minimum absolute atomic E-state index is 0.231. The summed E-state index contributed by atoms with van der Waals surface area (Å²) in [5.74, 6) is -0.231. The maximum absolute atomic E-state index is 14.4. The molecule has 106 valence electrons. The molecule has 2 rings (SSSR count). The van der Waals surface area contributed by atoms with Crippen LogP contribution in [-0.2, 0) is 5.54 Å². The fourth-order valence-electron chi connectivity index (χ4n) is 2.78. The molecule has 0 radical (unpaired) electrons. The van der Waals surface area contributed by atoms with Crippen LogP contribution in [0.2, 0.25) is 0 Å². The third-order valence-electron chi connectivity index (χ3n) is 4.06. The first-order valence-corrected chi connectivity index (χ1v) is 6.87. The van der Waals surface area contributed by atoms with Gasteiger partial charge < -0.3 is 5.73 Å². The molecular weight excluding hydrogens is 249 g/mol. The number of hydrogen-bond acceptors (Lipinski definition) is 1. The van der Waals surface area contributed by atoms with Gasteiger partial charge in [0.15, 0.2) is 0 Å². The van der Waals surface area contributed by atoms with Crippen LogP contribution in [0.3, 0.4) is 0 Å². The minimum Gasteiger partial charge on any atom is -0.318 e. The van der Waals surface area contributed by atoms with E-state index >= 15 is 0 Å². The molecule has 2 aromatic carbocycles. The van der Waals surface area contributed by atoms with Crippen molar-refractivity contribution in [3.8, 4) is 0 Å². The van der Waals surface area contributed by atoms with Crippen LogP contribution < -0.4 is 5.73 Å². The van der Waals surface area contributed by atoms with E-state index in [4.69, 9.17) is 5.73 Å². The van der Waals surface area contributed by atoms with Gasteiger partial charge in [0.2, 0.25) is 0 Å². The maximum Gasteiger partial charge on any atom is 0.129 e. The third-order valence-corrected chi connectivity index (χ3v) is 4.06. The van der Waals surface area contributed by atoms with Gasteiger partial charge in [-0.3, -0.25) is 0 Å². The maximum atomic E-state index is 14.4. The third kappa shape index (κ3) is 2.48. The first kappa shape index (κ1) is 14.7. The zero-order valence-electron chi connectivity index (χ0n) is 12.8. The van der Waals surface area contributed by atoms with Crippen LogP contribution in [0.25, 0.3) is 0 Å².